The van der Waals surface area contributed by atoms with Crippen LogP contribution in [0.5, 0.6) is 0 Å². The van der Waals surface area contributed by atoms with Gasteiger partial charge in [0.2, 0.25) is 5.79 Å². The minimum Gasteiger partial charge on any atom is -0.460 e. The van der Waals surface area contributed by atoms with E-state index in [2.05, 4.69) is 4.90 Å². The van der Waals surface area contributed by atoms with Gasteiger partial charge in [-0.1, -0.05) is 71.1 Å². The summed E-state index contributed by atoms with van der Waals surface area (Å²) < 4.78 is 47.7. The first kappa shape index (κ1) is 63.3. The van der Waals surface area contributed by atoms with Crippen molar-refractivity contribution in [2.45, 2.75) is 180 Å². The minimum atomic E-state index is -2.46. The number of cyclic esters (lactones) is 1. The smallest absolute Gasteiger partial charge is 0.329 e. The number of aliphatic hydroxyl groups is 2. The van der Waals surface area contributed by atoms with Gasteiger partial charge in [0.15, 0.2) is 5.78 Å². The Labute approximate surface area is 453 Å². The summed E-state index contributed by atoms with van der Waals surface area (Å²) in [5.74, 6) is -7.94. The summed E-state index contributed by atoms with van der Waals surface area (Å²) in [6.45, 7) is 18.1. The van der Waals surface area contributed by atoms with Gasteiger partial charge in [-0.05, 0) is 107 Å². The van der Waals surface area contributed by atoms with Crippen LogP contribution < -0.4 is 0 Å². The number of ether oxygens (including phenoxy) is 8. The minimum absolute atomic E-state index is 0.00402. The zero-order chi connectivity index (χ0) is 55.5. The van der Waals surface area contributed by atoms with Crippen LogP contribution in [0.3, 0.4) is 0 Å². The van der Waals surface area contributed by atoms with Gasteiger partial charge in [-0.2, -0.15) is 0 Å². The van der Waals surface area contributed by atoms with E-state index >= 15 is 0 Å². The summed E-state index contributed by atoms with van der Waals surface area (Å²) in [4.78, 5) is 75.4. The first-order valence-corrected chi connectivity index (χ1v) is 28.3. The maximum Gasteiger partial charge on any atom is 0.329 e. The summed E-state index contributed by atoms with van der Waals surface area (Å²) in [6, 6.07) is -1.15. The molecular weight excluding hydrogens is 977 g/mol. The lowest BCUT2D eigenvalue weighted by molar-refractivity contribution is -0.266. The second-order valence-electron chi connectivity index (χ2n) is 22.5. The van der Waals surface area contributed by atoms with Gasteiger partial charge < -0.3 is 53.0 Å². The molecule has 1 aliphatic carbocycles. The average Bonchev–Trinajstić information content (AvgIpc) is 3.42. The van der Waals surface area contributed by atoms with Crippen LogP contribution in [0.4, 0.5) is 0 Å². The van der Waals surface area contributed by atoms with E-state index in [1.54, 1.807) is 41.1 Å². The second kappa shape index (κ2) is 31.3. The molecule has 2 N–H and O–H groups in total. The number of carbonyl (C=O) groups excluding carboxylic acids is 5. The molecule has 430 valence electrons. The van der Waals surface area contributed by atoms with Gasteiger partial charge in [-0.15, -0.1) is 0 Å². The van der Waals surface area contributed by atoms with Gasteiger partial charge in [0.1, 0.15) is 30.1 Å². The molecule has 3 saturated heterocycles. The Balaban J connectivity index is 1.43. The lowest BCUT2D eigenvalue weighted by Crippen LogP contribution is -2.61. The third kappa shape index (κ3) is 18.0. The fourth-order valence-corrected chi connectivity index (χ4v) is 11.6. The fraction of sp³-hybridized carbons (Fsp3) is 0.780. The first-order chi connectivity index (χ1) is 36.3. The number of nitrogens with zero attached hydrogens (tertiary/aromatic N) is 2. The van der Waals surface area contributed by atoms with E-state index in [4.69, 9.17) is 37.9 Å². The van der Waals surface area contributed by atoms with E-state index in [9.17, 15) is 34.2 Å². The number of aliphatic hydroxyl groups excluding tert-OH is 1. The number of amides is 1. The van der Waals surface area contributed by atoms with Gasteiger partial charge in [0.25, 0.3) is 11.7 Å². The maximum atomic E-state index is 14.6. The number of Topliss-reactive ketones (excluding diaryl/α,β-unsaturated/α-hetero) is 3. The highest BCUT2D eigenvalue weighted by atomic mass is 16.6. The summed E-state index contributed by atoms with van der Waals surface area (Å²) in [7, 11) is 4.67. The van der Waals surface area contributed by atoms with Crippen molar-refractivity contribution in [2.24, 2.45) is 35.5 Å². The van der Waals surface area contributed by atoms with Crippen molar-refractivity contribution in [1.29, 1.82) is 0 Å². The molecule has 76 heavy (non-hydrogen) atoms. The number of carbonyl (C=O) groups is 5. The Bertz CT molecular complexity index is 2000. The molecule has 0 aromatic carbocycles. The quantitative estimate of drug-likeness (QED) is 0.0868. The van der Waals surface area contributed by atoms with Crippen LogP contribution in [-0.4, -0.2) is 184 Å². The van der Waals surface area contributed by atoms with Crippen LogP contribution in [0.15, 0.2) is 47.6 Å². The molecule has 0 aromatic heterocycles. The van der Waals surface area contributed by atoms with Gasteiger partial charge in [0, 0.05) is 78.1 Å². The molecule has 0 aromatic rings. The van der Waals surface area contributed by atoms with E-state index in [0.717, 1.165) is 51.3 Å². The largest absolute Gasteiger partial charge is 0.460 e. The first-order valence-electron chi connectivity index (χ1n) is 28.3. The van der Waals surface area contributed by atoms with Crippen LogP contribution in [0, 0.1) is 35.5 Å². The summed E-state index contributed by atoms with van der Waals surface area (Å²) in [5.41, 5.74) is 1.26. The molecule has 1 amide bonds. The Kier molecular flexibility index (Phi) is 26.1. The zero-order valence-corrected chi connectivity index (χ0v) is 47.5. The van der Waals surface area contributed by atoms with Crippen LogP contribution in [0.1, 0.15) is 126 Å². The van der Waals surface area contributed by atoms with Crippen molar-refractivity contribution in [2.75, 3.05) is 80.5 Å². The molecule has 5 aliphatic rings. The predicted molar refractivity (Wildman–Crippen MR) is 287 cm³/mol. The van der Waals surface area contributed by atoms with Crippen LogP contribution in [0.2, 0.25) is 0 Å². The van der Waals surface area contributed by atoms with Gasteiger partial charge in [-0.25, -0.2) is 4.79 Å². The number of methoxy groups -OCH3 is 3. The Hall–Kier alpha value is -3.49. The van der Waals surface area contributed by atoms with Crippen molar-refractivity contribution in [1.82, 2.24) is 9.80 Å². The molecule has 0 radical (unpaired) electrons. The highest BCUT2D eigenvalue weighted by Crippen LogP contribution is 2.38. The predicted octanol–water partition coefficient (Wildman–Crippen LogP) is 6.55. The summed E-state index contributed by atoms with van der Waals surface area (Å²) in [5, 5.41) is 23.7. The number of fused-ring (bicyclic) bond motifs is 3. The van der Waals surface area contributed by atoms with Gasteiger partial charge in [-0.3, -0.25) is 24.1 Å². The van der Waals surface area contributed by atoms with Gasteiger partial charge >= 0.3 is 5.97 Å². The van der Waals surface area contributed by atoms with Crippen molar-refractivity contribution < 1.29 is 72.1 Å². The third-order valence-electron chi connectivity index (χ3n) is 16.6. The monoisotopic (exact) mass is 1070 g/mol. The number of ketones is 3. The fourth-order valence-electron chi connectivity index (χ4n) is 11.6. The maximum absolute atomic E-state index is 14.6. The molecule has 2 bridgehead atoms. The summed E-state index contributed by atoms with van der Waals surface area (Å²) in [6.07, 6.45) is 12.3. The van der Waals surface area contributed by atoms with E-state index in [1.165, 1.54) is 12.0 Å². The lowest BCUT2D eigenvalue weighted by atomic mass is 9.78. The molecule has 5 rings (SSSR count). The highest BCUT2D eigenvalue weighted by molar-refractivity contribution is 6.39. The van der Waals surface area contributed by atoms with Crippen LogP contribution in [0.25, 0.3) is 0 Å². The number of rotatable bonds is 13. The molecular formula is C59H94N2O15. The van der Waals surface area contributed by atoms with E-state index in [-0.39, 0.29) is 73.9 Å². The van der Waals surface area contributed by atoms with Crippen molar-refractivity contribution in [3.05, 3.63) is 47.6 Å². The molecule has 1 saturated carbocycles. The third-order valence-corrected chi connectivity index (χ3v) is 16.6. The van der Waals surface area contributed by atoms with Crippen LogP contribution in [-0.2, 0) is 61.9 Å². The zero-order valence-electron chi connectivity index (χ0n) is 47.5. The number of hydrogen-bond acceptors (Lipinski definition) is 16. The standard InChI is InChI=1S/C59H94N2O15/c1-38-16-12-11-13-17-39(2)50(74-31-30-69-8)36-46-21-19-44(7)59(68,76-46)56(65)57(66)61-23-15-14-18-47(61)58(67)75-51(37-48(62)40(3)33-43(6)54(64)55(71-10)53(63)42(5)32-38)41(4)34-45-20-22-49(52(35-45)70-9)73-29-26-60-24-27-72-28-25-60/h11-13,16-17,33,38,40-42,44-47,49-52,54-55,64,68H,14-15,18-32,34-37H2,1-10H3/b13-11?,16-12+,39-17?,43-33+/t38-,40-,41-,42-,44-,45+,46+,47?,49-,50?,51+,52-,54-,55+,59-/m1/s1. The van der Waals surface area contributed by atoms with Crippen molar-refractivity contribution in [3.8, 4) is 0 Å². The van der Waals surface area contributed by atoms with Crippen molar-refractivity contribution in [3.63, 3.8) is 0 Å². The number of allylic oxidation sites excluding steroid dienone is 6. The second-order valence-corrected chi connectivity index (χ2v) is 22.5. The molecule has 4 fully saturated rings. The topological polar surface area (TPSA) is 206 Å². The number of hydrogen-bond donors (Lipinski definition) is 2. The van der Waals surface area contributed by atoms with E-state index in [1.807, 2.05) is 58.1 Å². The molecule has 4 heterocycles. The molecule has 4 aliphatic heterocycles. The average molecular weight is 1070 g/mol. The summed E-state index contributed by atoms with van der Waals surface area (Å²) >= 11 is 0. The molecule has 17 nitrogen and oxygen atoms in total. The number of piperidine rings is 1. The Morgan fingerprint density at radius 1 is 0.803 bits per heavy atom. The Morgan fingerprint density at radius 2 is 1.55 bits per heavy atom. The van der Waals surface area contributed by atoms with Gasteiger partial charge in [0.05, 0.1) is 57.5 Å². The Morgan fingerprint density at radius 3 is 2.26 bits per heavy atom. The molecule has 0 spiro atoms. The lowest BCUT2D eigenvalue weighted by Gasteiger charge is -2.43. The molecule has 17 heteroatoms. The SMILES string of the molecule is COCCOC1C[C@@H]2CC[C@@H](C)[C@@](O)(O2)C(=O)C(=O)N2CCCCC2C(=O)O[C@H]([C@H](C)C[C@@H]2CC[C@@H](OCCN3CCOCC3)[C@H](OC)C2)CC(=O)[C@H](C)/C=C(\C)[C@@H](O)[C@@H](OC)C(=O)[C@H](C)C[C@H](C)/C=C/C=CC=C1C. The van der Waals surface area contributed by atoms with E-state index < -0.39 is 77.8 Å². The molecule has 2 unspecified atom stereocenters. The highest BCUT2D eigenvalue weighted by Gasteiger charge is 2.53. The number of morpholine rings is 1. The normalized spacial score (nSPS) is 36.7. The number of esters is 1. The molecule has 15 atom stereocenters. The van der Waals surface area contributed by atoms with Crippen LogP contribution >= 0.6 is 0 Å². The van der Waals surface area contributed by atoms with E-state index in [0.29, 0.717) is 63.7 Å². The van der Waals surface area contributed by atoms with Crippen molar-refractivity contribution >= 4 is 29.2 Å².